The number of nitro benzene ring substituents is 1. The third-order valence-corrected chi connectivity index (χ3v) is 1.98. The molecule has 6 heteroatoms. The Morgan fingerprint density at radius 3 is 2.78 bits per heavy atom. The molecule has 0 saturated carbocycles. The van der Waals surface area contributed by atoms with Crippen molar-refractivity contribution in [1.82, 2.24) is 0 Å². The zero-order chi connectivity index (χ0) is 13.5. The minimum atomic E-state index is -0.945. The van der Waals surface area contributed by atoms with E-state index in [2.05, 4.69) is 4.74 Å². The molecule has 0 atom stereocenters. The van der Waals surface area contributed by atoms with Gasteiger partial charge in [-0.3, -0.25) is 14.9 Å². The van der Waals surface area contributed by atoms with E-state index in [-0.39, 0.29) is 12.3 Å². The van der Waals surface area contributed by atoms with E-state index >= 15 is 0 Å². The maximum absolute atomic E-state index is 11.2. The molecule has 6 nitrogen and oxygen atoms in total. The average molecular weight is 249 g/mol. The number of non-ortho nitro benzene ring substituents is 1. The third-order valence-electron chi connectivity index (χ3n) is 1.98. The van der Waals surface area contributed by atoms with E-state index in [9.17, 15) is 19.7 Å². The predicted octanol–water partition coefficient (Wildman–Crippen LogP) is 1.74. The summed E-state index contributed by atoms with van der Waals surface area (Å²) in [6.45, 7) is 1.71. The van der Waals surface area contributed by atoms with Crippen molar-refractivity contribution in [3.8, 4) is 0 Å². The highest BCUT2D eigenvalue weighted by Crippen LogP contribution is 2.14. The van der Waals surface area contributed by atoms with E-state index < -0.39 is 16.7 Å². The van der Waals surface area contributed by atoms with Crippen molar-refractivity contribution in [2.24, 2.45) is 0 Å². The largest absolute Gasteiger partial charge is 0.460 e. The molecular weight excluding hydrogens is 238 g/mol. The second-order valence-corrected chi connectivity index (χ2v) is 3.27. The number of benzene rings is 1. The normalized spacial score (nSPS) is 10.3. The standard InChI is InChI=1S/C12H11NO5/c1-2-18-12(15)11(14)7-6-9-4-3-5-10(8-9)13(16)17/h3-8H,2H2,1H3. The maximum Gasteiger partial charge on any atom is 0.379 e. The molecule has 0 aromatic heterocycles. The van der Waals surface area contributed by atoms with Gasteiger partial charge in [-0.2, -0.15) is 0 Å². The van der Waals surface area contributed by atoms with Crippen LogP contribution in [0.3, 0.4) is 0 Å². The molecule has 1 aromatic carbocycles. The van der Waals surface area contributed by atoms with Crippen molar-refractivity contribution in [3.63, 3.8) is 0 Å². The van der Waals surface area contributed by atoms with Gasteiger partial charge in [0, 0.05) is 12.1 Å². The number of carbonyl (C=O) groups excluding carboxylic acids is 2. The fraction of sp³-hybridized carbons (Fsp3) is 0.167. The van der Waals surface area contributed by atoms with Crippen LogP contribution in [-0.2, 0) is 14.3 Å². The van der Waals surface area contributed by atoms with Gasteiger partial charge in [-0.05, 0) is 18.6 Å². The molecule has 0 aliphatic heterocycles. The molecule has 0 amide bonds. The Kier molecular flexibility index (Phi) is 4.74. The second-order valence-electron chi connectivity index (χ2n) is 3.27. The van der Waals surface area contributed by atoms with Crippen LogP contribution in [-0.4, -0.2) is 23.3 Å². The highest BCUT2D eigenvalue weighted by Gasteiger charge is 2.10. The van der Waals surface area contributed by atoms with Crippen LogP contribution < -0.4 is 0 Å². The number of ether oxygens (including phenoxy) is 1. The molecule has 0 spiro atoms. The fourth-order valence-corrected chi connectivity index (χ4v) is 1.18. The Hall–Kier alpha value is -2.50. The molecule has 0 radical (unpaired) electrons. The van der Waals surface area contributed by atoms with Gasteiger partial charge in [-0.25, -0.2) is 4.79 Å². The quantitative estimate of drug-likeness (QED) is 0.261. The Bertz CT molecular complexity index is 507. The molecule has 94 valence electrons. The number of carbonyl (C=O) groups is 2. The van der Waals surface area contributed by atoms with Crippen LogP contribution >= 0.6 is 0 Å². The fourth-order valence-electron chi connectivity index (χ4n) is 1.18. The average Bonchev–Trinajstić information content (AvgIpc) is 2.36. The van der Waals surface area contributed by atoms with Gasteiger partial charge in [0.05, 0.1) is 11.5 Å². The number of hydrogen-bond donors (Lipinski definition) is 0. The molecule has 0 fully saturated rings. The van der Waals surface area contributed by atoms with Gasteiger partial charge in [0.2, 0.25) is 0 Å². The first-order valence-corrected chi connectivity index (χ1v) is 5.18. The predicted molar refractivity (Wildman–Crippen MR) is 63.8 cm³/mol. The molecule has 1 aromatic rings. The molecular formula is C12H11NO5. The van der Waals surface area contributed by atoms with Crippen LogP contribution in [0.15, 0.2) is 30.3 Å². The number of nitrogens with zero attached hydrogens (tertiary/aromatic N) is 1. The molecule has 0 bridgehead atoms. The third kappa shape index (κ3) is 3.82. The van der Waals surface area contributed by atoms with Gasteiger partial charge >= 0.3 is 5.97 Å². The zero-order valence-corrected chi connectivity index (χ0v) is 9.66. The SMILES string of the molecule is CCOC(=O)C(=O)C=Cc1cccc([N+](=O)[O-])c1. The van der Waals surface area contributed by atoms with Crippen molar-refractivity contribution in [2.75, 3.05) is 6.61 Å². The summed E-state index contributed by atoms with van der Waals surface area (Å²) in [6.07, 6.45) is 2.35. The summed E-state index contributed by atoms with van der Waals surface area (Å²) in [7, 11) is 0. The number of esters is 1. The Balaban J connectivity index is 2.78. The van der Waals surface area contributed by atoms with Gasteiger partial charge in [-0.1, -0.05) is 18.2 Å². The van der Waals surface area contributed by atoms with Crippen molar-refractivity contribution in [3.05, 3.63) is 46.0 Å². The summed E-state index contributed by atoms with van der Waals surface area (Å²) in [5.41, 5.74) is 0.377. The van der Waals surface area contributed by atoms with Gasteiger partial charge in [0.1, 0.15) is 0 Å². The van der Waals surface area contributed by atoms with Gasteiger partial charge < -0.3 is 4.74 Å². The smallest absolute Gasteiger partial charge is 0.379 e. The van der Waals surface area contributed by atoms with E-state index in [4.69, 9.17) is 0 Å². The second kappa shape index (κ2) is 6.29. The molecule has 0 saturated heterocycles. The minimum Gasteiger partial charge on any atom is -0.460 e. The molecule has 1 rings (SSSR count). The Morgan fingerprint density at radius 1 is 1.44 bits per heavy atom. The topological polar surface area (TPSA) is 86.5 Å². The molecule has 0 heterocycles. The van der Waals surface area contributed by atoms with Crippen molar-refractivity contribution in [1.29, 1.82) is 0 Å². The monoisotopic (exact) mass is 249 g/mol. The van der Waals surface area contributed by atoms with E-state index in [1.54, 1.807) is 13.0 Å². The highest BCUT2D eigenvalue weighted by atomic mass is 16.6. The van der Waals surface area contributed by atoms with E-state index in [0.29, 0.717) is 5.56 Å². The first kappa shape index (κ1) is 13.6. The summed E-state index contributed by atoms with van der Waals surface area (Å²) < 4.78 is 4.51. The van der Waals surface area contributed by atoms with Crippen molar-refractivity contribution < 1.29 is 19.2 Å². The lowest BCUT2D eigenvalue weighted by Crippen LogP contribution is -2.14. The molecule has 0 aliphatic carbocycles. The summed E-state index contributed by atoms with van der Waals surface area (Å²) in [5, 5.41) is 10.5. The first-order chi connectivity index (χ1) is 8.54. The Labute approximate surface area is 103 Å². The summed E-state index contributed by atoms with van der Waals surface area (Å²) in [4.78, 5) is 32.2. The lowest BCUT2D eigenvalue weighted by atomic mass is 10.2. The van der Waals surface area contributed by atoms with Crippen LogP contribution in [0.25, 0.3) is 6.08 Å². The number of rotatable bonds is 5. The number of hydrogen-bond acceptors (Lipinski definition) is 5. The van der Waals surface area contributed by atoms with Gasteiger partial charge in [0.15, 0.2) is 0 Å². The number of nitro groups is 1. The lowest BCUT2D eigenvalue weighted by molar-refractivity contribution is -0.384. The maximum atomic E-state index is 11.2. The van der Waals surface area contributed by atoms with Crippen LogP contribution in [0.2, 0.25) is 0 Å². The van der Waals surface area contributed by atoms with E-state index in [1.807, 2.05) is 0 Å². The van der Waals surface area contributed by atoms with Crippen LogP contribution in [0, 0.1) is 10.1 Å². The van der Waals surface area contributed by atoms with Crippen LogP contribution in [0.4, 0.5) is 5.69 Å². The highest BCUT2D eigenvalue weighted by molar-refractivity contribution is 6.39. The summed E-state index contributed by atoms with van der Waals surface area (Å²) in [5.74, 6) is -1.75. The summed E-state index contributed by atoms with van der Waals surface area (Å²) >= 11 is 0. The minimum absolute atomic E-state index is 0.0827. The summed E-state index contributed by atoms with van der Waals surface area (Å²) in [6, 6.07) is 5.72. The molecule has 0 unspecified atom stereocenters. The molecule has 0 aliphatic rings. The molecule has 18 heavy (non-hydrogen) atoms. The zero-order valence-electron chi connectivity index (χ0n) is 9.66. The van der Waals surface area contributed by atoms with E-state index in [0.717, 1.165) is 6.08 Å². The molecule has 0 N–H and O–H groups in total. The van der Waals surface area contributed by atoms with Gasteiger partial charge in [-0.15, -0.1) is 0 Å². The van der Waals surface area contributed by atoms with Crippen molar-refractivity contribution >= 4 is 23.5 Å². The van der Waals surface area contributed by atoms with Crippen LogP contribution in [0.5, 0.6) is 0 Å². The van der Waals surface area contributed by atoms with Gasteiger partial charge in [0.25, 0.3) is 11.5 Å². The number of ketones is 1. The first-order valence-electron chi connectivity index (χ1n) is 5.18. The van der Waals surface area contributed by atoms with E-state index in [1.165, 1.54) is 24.3 Å². The van der Waals surface area contributed by atoms with Crippen LogP contribution in [0.1, 0.15) is 12.5 Å². The lowest BCUT2D eigenvalue weighted by Gasteiger charge is -1.96. The van der Waals surface area contributed by atoms with Crippen molar-refractivity contribution in [2.45, 2.75) is 6.92 Å². The Morgan fingerprint density at radius 2 is 2.17 bits per heavy atom.